The van der Waals surface area contributed by atoms with Crippen LogP contribution in [0, 0.1) is 6.92 Å². The summed E-state index contributed by atoms with van der Waals surface area (Å²) in [5, 5.41) is 15.2. The highest BCUT2D eigenvalue weighted by Crippen LogP contribution is 2.28. The molecular weight excluding hydrogens is 437 g/mol. The zero-order chi connectivity index (χ0) is 24.0. The van der Waals surface area contributed by atoms with Gasteiger partial charge in [-0.3, -0.25) is 4.79 Å². The van der Waals surface area contributed by atoms with Crippen LogP contribution in [0.1, 0.15) is 16.1 Å². The van der Waals surface area contributed by atoms with Gasteiger partial charge in [0.1, 0.15) is 5.69 Å². The highest BCUT2D eigenvalue weighted by molar-refractivity contribution is 6.01. The van der Waals surface area contributed by atoms with Crippen LogP contribution in [0.15, 0.2) is 60.7 Å². The summed E-state index contributed by atoms with van der Waals surface area (Å²) in [4.78, 5) is 24.1. The van der Waals surface area contributed by atoms with E-state index in [1.807, 2.05) is 77.2 Å². The van der Waals surface area contributed by atoms with Gasteiger partial charge in [-0.15, -0.1) is 0 Å². The van der Waals surface area contributed by atoms with Crippen molar-refractivity contribution >= 4 is 11.9 Å². The van der Waals surface area contributed by atoms with Crippen LogP contribution < -0.4 is 5.32 Å². The summed E-state index contributed by atoms with van der Waals surface area (Å²) in [6.45, 7) is 5.09. The number of rotatable bonds is 3. The zero-order valence-electron chi connectivity index (χ0n) is 17.8. The van der Waals surface area contributed by atoms with E-state index in [1.165, 1.54) is 0 Å². The van der Waals surface area contributed by atoms with E-state index in [9.17, 15) is 18.0 Å². The Bertz CT molecular complexity index is 1090. The number of nitrogens with one attached hydrogen (secondary N) is 1. The number of hydrogen-bond acceptors (Lipinski definition) is 4. The van der Waals surface area contributed by atoms with Crippen molar-refractivity contribution in [2.45, 2.75) is 13.1 Å². The molecule has 0 saturated carbocycles. The van der Waals surface area contributed by atoms with Crippen LogP contribution in [0.25, 0.3) is 16.9 Å². The van der Waals surface area contributed by atoms with Gasteiger partial charge < -0.3 is 15.3 Å². The average Bonchev–Trinajstić information content (AvgIpc) is 3.17. The van der Waals surface area contributed by atoms with Crippen molar-refractivity contribution < 1.29 is 27.9 Å². The number of aliphatic carboxylic acids is 1. The van der Waals surface area contributed by atoms with Crippen LogP contribution in [0.2, 0.25) is 0 Å². The molecule has 1 fully saturated rings. The molecule has 2 heterocycles. The molecule has 7 nitrogen and oxygen atoms in total. The van der Waals surface area contributed by atoms with Crippen molar-refractivity contribution in [2.75, 3.05) is 26.2 Å². The van der Waals surface area contributed by atoms with Crippen LogP contribution >= 0.6 is 0 Å². The van der Waals surface area contributed by atoms with Crippen molar-refractivity contribution in [3.05, 3.63) is 71.9 Å². The lowest BCUT2D eigenvalue weighted by Crippen LogP contribution is -2.46. The summed E-state index contributed by atoms with van der Waals surface area (Å²) in [5.74, 6) is -2.70. The average molecular weight is 460 g/mol. The van der Waals surface area contributed by atoms with Gasteiger partial charge in [-0.25, -0.2) is 9.48 Å². The van der Waals surface area contributed by atoms with E-state index in [4.69, 9.17) is 15.0 Å². The van der Waals surface area contributed by atoms with Crippen molar-refractivity contribution in [3.63, 3.8) is 0 Å². The molecule has 10 heteroatoms. The topological polar surface area (TPSA) is 87.5 Å². The number of amides is 1. The molecule has 1 aromatic heterocycles. The first-order chi connectivity index (χ1) is 15.7. The van der Waals surface area contributed by atoms with Crippen LogP contribution in [0.5, 0.6) is 0 Å². The van der Waals surface area contributed by atoms with E-state index < -0.39 is 12.1 Å². The van der Waals surface area contributed by atoms with Crippen LogP contribution in [-0.2, 0) is 4.79 Å². The molecule has 2 N–H and O–H groups in total. The van der Waals surface area contributed by atoms with E-state index >= 15 is 0 Å². The van der Waals surface area contributed by atoms with Gasteiger partial charge >= 0.3 is 12.1 Å². The molecule has 1 amide bonds. The highest BCUT2D eigenvalue weighted by atomic mass is 19.4. The number of benzene rings is 2. The first-order valence-corrected chi connectivity index (χ1v) is 10.2. The molecule has 4 rings (SSSR count). The highest BCUT2D eigenvalue weighted by Gasteiger charge is 2.38. The molecule has 0 atom stereocenters. The first kappa shape index (κ1) is 24.0. The predicted octanol–water partition coefficient (Wildman–Crippen LogP) is 3.53. The van der Waals surface area contributed by atoms with Gasteiger partial charge in [-0.1, -0.05) is 48.5 Å². The van der Waals surface area contributed by atoms with Crippen LogP contribution in [0.4, 0.5) is 13.2 Å². The van der Waals surface area contributed by atoms with Gasteiger partial charge in [-0.05, 0) is 19.1 Å². The second-order valence-corrected chi connectivity index (χ2v) is 7.27. The molecule has 0 unspecified atom stereocenters. The normalized spacial score (nSPS) is 13.8. The predicted molar refractivity (Wildman–Crippen MR) is 116 cm³/mol. The number of para-hydroxylation sites is 1. The van der Waals surface area contributed by atoms with Crippen LogP contribution in [0.3, 0.4) is 0 Å². The maximum absolute atomic E-state index is 13.3. The number of nitrogens with zero attached hydrogens (tertiary/aromatic N) is 3. The second kappa shape index (κ2) is 10.3. The Morgan fingerprint density at radius 3 is 2.00 bits per heavy atom. The summed E-state index contributed by atoms with van der Waals surface area (Å²) < 4.78 is 33.6. The molecule has 1 aliphatic heterocycles. The van der Waals surface area contributed by atoms with Crippen molar-refractivity contribution in [1.82, 2.24) is 20.0 Å². The molecule has 0 aliphatic carbocycles. The molecule has 174 valence electrons. The summed E-state index contributed by atoms with van der Waals surface area (Å²) >= 11 is 0. The van der Waals surface area contributed by atoms with E-state index in [2.05, 4.69) is 5.32 Å². The molecule has 33 heavy (non-hydrogen) atoms. The molecule has 0 bridgehead atoms. The number of carboxylic acid groups (broad SMARTS) is 1. The Balaban J connectivity index is 0.000000383. The van der Waals surface area contributed by atoms with E-state index in [0.29, 0.717) is 5.56 Å². The molecule has 2 aromatic carbocycles. The van der Waals surface area contributed by atoms with E-state index in [0.717, 1.165) is 48.8 Å². The Kier molecular flexibility index (Phi) is 7.49. The SMILES string of the molecule is Cc1c(C(=O)N2CCNCC2)c(-c2ccccc2)nn1-c1ccccc1.O=C(O)C(F)(F)F. The molecule has 0 spiro atoms. The maximum Gasteiger partial charge on any atom is 0.490 e. The fourth-order valence-corrected chi connectivity index (χ4v) is 3.40. The number of carbonyl (C=O) groups is 2. The molecule has 1 saturated heterocycles. The fraction of sp³-hybridized carbons (Fsp3) is 0.261. The largest absolute Gasteiger partial charge is 0.490 e. The monoisotopic (exact) mass is 460 g/mol. The molecule has 0 radical (unpaired) electrons. The first-order valence-electron chi connectivity index (χ1n) is 10.2. The van der Waals surface area contributed by atoms with Gasteiger partial charge in [0.15, 0.2) is 0 Å². The van der Waals surface area contributed by atoms with Crippen molar-refractivity contribution in [2.24, 2.45) is 0 Å². The number of hydrogen-bond donors (Lipinski definition) is 2. The number of halogens is 3. The van der Waals surface area contributed by atoms with Gasteiger partial charge in [0.05, 0.1) is 16.9 Å². The minimum absolute atomic E-state index is 0.0602. The summed E-state index contributed by atoms with van der Waals surface area (Å²) in [7, 11) is 0. The van der Waals surface area contributed by atoms with Gasteiger partial charge in [0.25, 0.3) is 5.91 Å². The quantitative estimate of drug-likeness (QED) is 0.625. The third kappa shape index (κ3) is 5.78. The zero-order valence-corrected chi connectivity index (χ0v) is 17.8. The maximum atomic E-state index is 13.3. The van der Waals surface area contributed by atoms with Gasteiger partial charge in [0.2, 0.25) is 0 Å². The number of piperazine rings is 1. The summed E-state index contributed by atoms with van der Waals surface area (Å²) in [6, 6.07) is 19.9. The van der Waals surface area contributed by atoms with Gasteiger partial charge in [-0.2, -0.15) is 18.3 Å². The van der Waals surface area contributed by atoms with Gasteiger partial charge in [0, 0.05) is 31.7 Å². The lowest BCUT2D eigenvalue weighted by Gasteiger charge is -2.27. The lowest BCUT2D eigenvalue weighted by molar-refractivity contribution is -0.192. The van der Waals surface area contributed by atoms with E-state index in [1.54, 1.807) is 0 Å². The Labute approximate surface area is 188 Å². The standard InChI is InChI=1S/C21H22N4O.C2HF3O2/c1-16-19(21(26)24-14-12-22-13-15-24)20(17-8-4-2-5-9-17)23-25(16)18-10-6-3-7-11-18;3-2(4,5)1(6)7/h2-11,22H,12-15H2,1H3;(H,6,7). The third-order valence-corrected chi connectivity index (χ3v) is 5.02. The smallest absolute Gasteiger partial charge is 0.475 e. The third-order valence-electron chi connectivity index (χ3n) is 5.02. The summed E-state index contributed by atoms with van der Waals surface area (Å²) in [6.07, 6.45) is -5.08. The molecule has 3 aromatic rings. The Morgan fingerprint density at radius 1 is 0.970 bits per heavy atom. The van der Waals surface area contributed by atoms with Crippen molar-refractivity contribution in [1.29, 1.82) is 0 Å². The minimum Gasteiger partial charge on any atom is -0.475 e. The van der Waals surface area contributed by atoms with Crippen LogP contribution in [-0.4, -0.2) is 64.0 Å². The number of aromatic nitrogens is 2. The van der Waals surface area contributed by atoms with E-state index in [-0.39, 0.29) is 5.91 Å². The van der Waals surface area contributed by atoms with Crippen molar-refractivity contribution in [3.8, 4) is 16.9 Å². The molecular formula is C23H23F3N4O3. The number of alkyl halides is 3. The minimum atomic E-state index is -5.08. The Hall–Kier alpha value is -3.66. The number of carbonyl (C=O) groups excluding carboxylic acids is 1. The second-order valence-electron chi connectivity index (χ2n) is 7.27. The Morgan fingerprint density at radius 2 is 1.48 bits per heavy atom. The summed E-state index contributed by atoms with van der Waals surface area (Å²) in [5.41, 5.74) is 4.24. The number of carboxylic acids is 1. The lowest BCUT2D eigenvalue weighted by atomic mass is 10.0. The fourth-order valence-electron chi connectivity index (χ4n) is 3.40. The molecule has 1 aliphatic rings.